The third kappa shape index (κ3) is 5.15. The van der Waals surface area contributed by atoms with Crippen molar-refractivity contribution in [2.45, 2.75) is 25.3 Å². The summed E-state index contributed by atoms with van der Waals surface area (Å²) in [6.07, 6.45) is 7.14. The quantitative estimate of drug-likeness (QED) is 0.442. The molecule has 2 N–H and O–H groups in total. The first kappa shape index (κ1) is 19.1. The Morgan fingerprint density at radius 2 is 2.22 bits per heavy atom. The minimum Gasteiger partial charge on any atom is -0.495 e. The van der Waals surface area contributed by atoms with Crippen LogP contribution in [-0.4, -0.2) is 55.6 Å². The van der Waals surface area contributed by atoms with Crippen LogP contribution in [0.4, 0.5) is 5.69 Å². The Balaban J connectivity index is 1.43. The van der Waals surface area contributed by atoms with Crippen LogP contribution in [0.15, 0.2) is 41.7 Å². The smallest absolute Gasteiger partial charge is 0.191 e. The lowest BCUT2D eigenvalue weighted by Gasteiger charge is -2.22. The van der Waals surface area contributed by atoms with E-state index >= 15 is 0 Å². The maximum atomic E-state index is 5.49. The predicted octanol–water partition coefficient (Wildman–Crippen LogP) is 1.81. The van der Waals surface area contributed by atoms with Crippen LogP contribution in [0.1, 0.15) is 18.4 Å². The van der Waals surface area contributed by atoms with Gasteiger partial charge in [-0.05, 0) is 37.0 Å². The number of methoxy groups -OCH3 is 1. The molecule has 146 valence electrons. The summed E-state index contributed by atoms with van der Waals surface area (Å²) in [4.78, 5) is 6.73. The molecule has 27 heavy (non-hydrogen) atoms. The minimum atomic E-state index is 0.374. The van der Waals surface area contributed by atoms with Gasteiger partial charge < -0.3 is 20.3 Å². The van der Waals surface area contributed by atoms with E-state index in [4.69, 9.17) is 4.74 Å². The topological polar surface area (TPSA) is 66.7 Å². The van der Waals surface area contributed by atoms with Crippen molar-refractivity contribution in [2.75, 3.05) is 38.7 Å². The molecule has 2 heterocycles. The third-order valence-corrected chi connectivity index (χ3v) is 4.87. The van der Waals surface area contributed by atoms with Crippen LogP contribution in [0.5, 0.6) is 5.75 Å². The van der Waals surface area contributed by atoms with Gasteiger partial charge in [-0.15, -0.1) is 0 Å². The van der Waals surface area contributed by atoms with E-state index in [1.807, 2.05) is 37.1 Å². The van der Waals surface area contributed by atoms with E-state index in [2.05, 4.69) is 44.0 Å². The number of ether oxygens (including phenoxy) is 1. The molecule has 1 aromatic carbocycles. The summed E-state index contributed by atoms with van der Waals surface area (Å²) < 4.78 is 7.34. The van der Waals surface area contributed by atoms with Gasteiger partial charge in [0.1, 0.15) is 5.75 Å². The molecule has 1 aliphatic rings. The number of nitrogens with zero attached hydrogens (tertiary/aromatic N) is 4. The van der Waals surface area contributed by atoms with E-state index in [1.54, 1.807) is 7.11 Å². The van der Waals surface area contributed by atoms with Crippen LogP contribution < -0.4 is 20.3 Å². The molecular formula is C20H30N6O. The summed E-state index contributed by atoms with van der Waals surface area (Å²) in [5.41, 5.74) is 2.43. The number of aryl methyl sites for hydroxylation is 2. The zero-order chi connectivity index (χ0) is 19.1. The van der Waals surface area contributed by atoms with Gasteiger partial charge in [-0.1, -0.05) is 12.1 Å². The molecule has 1 unspecified atom stereocenters. The molecule has 1 saturated heterocycles. The Morgan fingerprint density at radius 3 is 2.96 bits per heavy atom. The Hall–Kier alpha value is -2.70. The van der Waals surface area contributed by atoms with Gasteiger partial charge in [-0.25, -0.2) is 0 Å². The number of rotatable bonds is 7. The average molecular weight is 371 g/mol. The molecule has 0 bridgehead atoms. The Kier molecular flexibility index (Phi) is 6.57. The maximum absolute atomic E-state index is 5.49. The Labute approximate surface area is 161 Å². The first-order valence-electron chi connectivity index (χ1n) is 9.52. The van der Waals surface area contributed by atoms with Gasteiger partial charge in [0.05, 0.1) is 19.0 Å². The molecule has 7 nitrogen and oxygen atoms in total. The van der Waals surface area contributed by atoms with Gasteiger partial charge in [0.25, 0.3) is 0 Å². The van der Waals surface area contributed by atoms with Crippen molar-refractivity contribution < 1.29 is 4.74 Å². The number of para-hydroxylation sites is 2. The third-order valence-electron chi connectivity index (χ3n) is 4.87. The SMILES string of the molecule is CN=C(NCCCc1cnn(C)c1)NC1CCN(c2ccccc2OC)C1. The monoisotopic (exact) mass is 370 g/mol. The lowest BCUT2D eigenvalue weighted by molar-refractivity contribution is 0.415. The fourth-order valence-corrected chi connectivity index (χ4v) is 3.48. The van der Waals surface area contributed by atoms with Crippen LogP contribution in [-0.2, 0) is 13.5 Å². The van der Waals surface area contributed by atoms with Crippen LogP contribution in [0.25, 0.3) is 0 Å². The van der Waals surface area contributed by atoms with Crippen molar-refractivity contribution >= 4 is 11.6 Å². The second kappa shape index (κ2) is 9.30. The summed E-state index contributed by atoms with van der Waals surface area (Å²) in [6, 6.07) is 8.57. The summed E-state index contributed by atoms with van der Waals surface area (Å²) >= 11 is 0. The van der Waals surface area contributed by atoms with Gasteiger partial charge in [0.2, 0.25) is 0 Å². The fourth-order valence-electron chi connectivity index (χ4n) is 3.48. The van der Waals surface area contributed by atoms with E-state index in [1.165, 1.54) is 5.56 Å². The molecule has 0 spiro atoms. The number of hydrogen-bond acceptors (Lipinski definition) is 4. The van der Waals surface area contributed by atoms with E-state index in [9.17, 15) is 0 Å². The summed E-state index contributed by atoms with van der Waals surface area (Å²) in [6.45, 7) is 2.84. The highest BCUT2D eigenvalue weighted by atomic mass is 16.5. The number of aliphatic imine (C=N–C) groups is 1. The molecule has 1 aromatic heterocycles. The van der Waals surface area contributed by atoms with Crippen LogP contribution >= 0.6 is 0 Å². The van der Waals surface area contributed by atoms with Crippen molar-refractivity contribution in [2.24, 2.45) is 12.0 Å². The van der Waals surface area contributed by atoms with Crippen LogP contribution in [0.3, 0.4) is 0 Å². The van der Waals surface area contributed by atoms with Crippen molar-refractivity contribution in [3.63, 3.8) is 0 Å². The molecule has 0 amide bonds. The number of hydrogen-bond donors (Lipinski definition) is 2. The summed E-state index contributed by atoms with van der Waals surface area (Å²) in [7, 11) is 5.49. The average Bonchev–Trinajstić information content (AvgIpc) is 3.33. The summed E-state index contributed by atoms with van der Waals surface area (Å²) in [5, 5.41) is 11.2. The molecule has 1 atom stereocenters. The van der Waals surface area contributed by atoms with Crippen molar-refractivity contribution in [1.29, 1.82) is 0 Å². The van der Waals surface area contributed by atoms with Crippen molar-refractivity contribution in [1.82, 2.24) is 20.4 Å². The fraction of sp³-hybridized carbons (Fsp3) is 0.500. The molecule has 3 rings (SSSR count). The van der Waals surface area contributed by atoms with E-state index in [-0.39, 0.29) is 0 Å². The standard InChI is InChI=1S/C20H30N6O/c1-21-20(22-11-6-7-16-13-23-25(2)14-16)24-17-10-12-26(15-17)18-8-4-5-9-19(18)27-3/h4-5,8-9,13-14,17H,6-7,10-12,15H2,1-3H3,(H2,21,22,24). The van der Waals surface area contributed by atoms with E-state index < -0.39 is 0 Å². The molecule has 2 aromatic rings. The molecule has 0 radical (unpaired) electrons. The summed E-state index contributed by atoms with van der Waals surface area (Å²) in [5.74, 6) is 1.80. The van der Waals surface area contributed by atoms with Gasteiger partial charge in [0.15, 0.2) is 5.96 Å². The highest BCUT2D eigenvalue weighted by Crippen LogP contribution is 2.30. The number of anilines is 1. The molecule has 0 aliphatic carbocycles. The van der Waals surface area contributed by atoms with E-state index in [0.717, 1.165) is 56.3 Å². The molecule has 1 aliphatic heterocycles. The van der Waals surface area contributed by atoms with Crippen molar-refractivity contribution in [3.8, 4) is 5.75 Å². The van der Waals surface area contributed by atoms with Gasteiger partial charge >= 0.3 is 0 Å². The number of guanidine groups is 1. The minimum absolute atomic E-state index is 0.374. The largest absolute Gasteiger partial charge is 0.495 e. The zero-order valence-electron chi connectivity index (χ0n) is 16.5. The predicted molar refractivity (Wildman–Crippen MR) is 110 cm³/mol. The van der Waals surface area contributed by atoms with Gasteiger partial charge in [-0.2, -0.15) is 5.10 Å². The number of nitrogens with one attached hydrogen (secondary N) is 2. The van der Waals surface area contributed by atoms with Gasteiger partial charge in [-0.3, -0.25) is 9.67 Å². The number of benzene rings is 1. The highest BCUT2D eigenvalue weighted by molar-refractivity contribution is 5.80. The second-order valence-corrected chi connectivity index (χ2v) is 6.87. The second-order valence-electron chi connectivity index (χ2n) is 6.87. The first-order valence-corrected chi connectivity index (χ1v) is 9.52. The first-order chi connectivity index (χ1) is 13.2. The highest BCUT2D eigenvalue weighted by Gasteiger charge is 2.25. The van der Waals surface area contributed by atoms with E-state index in [0.29, 0.717) is 6.04 Å². The Bertz CT molecular complexity index is 756. The zero-order valence-corrected chi connectivity index (χ0v) is 16.5. The van der Waals surface area contributed by atoms with Crippen molar-refractivity contribution in [3.05, 3.63) is 42.2 Å². The normalized spacial score (nSPS) is 17.2. The number of aromatic nitrogens is 2. The van der Waals surface area contributed by atoms with Crippen LogP contribution in [0.2, 0.25) is 0 Å². The molecule has 1 fully saturated rings. The Morgan fingerprint density at radius 1 is 1.37 bits per heavy atom. The van der Waals surface area contributed by atoms with Gasteiger partial charge in [0, 0.05) is 46.0 Å². The molecule has 7 heteroatoms. The molecular weight excluding hydrogens is 340 g/mol. The lowest BCUT2D eigenvalue weighted by Crippen LogP contribution is -2.44. The lowest BCUT2D eigenvalue weighted by atomic mass is 10.2. The molecule has 0 saturated carbocycles. The van der Waals surface area contributed by atoms with Crippen LogP contribution in [0, 0.1) is 0 Å². The maximum Gasteiger partial charge on any atom is 0.191 e.